The second-order valence-electron chi connectivity index (χ2n) is 4.53. The Kier molecular flexibility index (Phi) is 4.61. The first-order chi connectivity index (χ1) is 10.1. The summed E-state index contributed by atoms with van der Waals surface area (Å²) in [7, 11) is 0. The van der Waals surface area contributed by atoms with Crippen molar-refractivity contribution in [1.82, 2.24) is 4.98 Å². The number of rotatable bonds is 6. The summed E-state index contributed by atoms with van der Waals surface area (Å²) < 4.78 is 5.50. The average molecular weight is 286 g/mol. The van der Waals surface area contributed by atoms with Crippen LogP contribution in [0, 0.1) is 0 Å². The molecule has 0 bridgehead atoms. The fraction of sp³-hybridized carbons (Fsp3) is 0.200. The Morgan fingerprint density at radius 1 is 1.33 bits per heavy atom. The molecule has 0 aliphatic rings. The number of nitrogen functional groups attached to an aromatic ring is 1. The summed E-state index contributed by atoms with van der Waals surface area (Å²) in [5, 5.41) is 3.04. The molecule has 2 rings (SSSR count). The van der Waals surface area contributed by atoms with E-state index in [2.05, 4.69) is 10.3 Å². The molecule has 5 N–H and O–H groups in total. The molecule has 0 spiro atoms. The second kappa shape index (κ2) is 6.60. The molecule has 2 aromatic rings. The first-order valence-corrected chi connectivity index (χ1v) is 6.65. The standard InChI is InChI=1S/C15H18N4O2/c1-2-7-21-12-5-3-11(4-6-12)19-15-13(14(17)20)8-10(16)9-18-15/h3-6,8-9H,2,7,16H2,1H3,(H2,17,20)(H,18,19). The quantitative estimate of drug-likeness (QED) is 0.756. The largest absolute Gasteiger partial charge is 0.494 e. The number of carbonyl (C=O) groups excluding carboxylic acids is 1. The van der Waals surface area contributed by atoms with Crippen molar-refractivity contribution >= 4 is 23.1 Å². The Labute approximate surface area is 123 Å². The number of amides is 1. The summed E-state index contributed by atoms with van der Waals surface area (Å²) in [5.74, 6) is 0.585. The van der Waals surface area contributed by atoms with Crippen LogP contribution in [0.1, 0.15) is 23.7 Å². The predicted molar refractivity (Wildman–Crippen MR) is 82.7 cm³/mol. The minimum absolute atomic E-state index is 0.251. The molecule has 0 radical (unpaired) electrons. The predicted octanol–water partition coefficient (Wildman–Crippen LogP) is 2.30. The molecule has 1 aromatic carbocycles. The molecular weight excluding hydrogens is 268 g/mol. The molecule has 21 heavy (non-hydrogen) atoms. The van der Waals surface area contributed by atoms with Crippen molar-refractivity contribution in [1.29, 1.82) is 0 Å². The van der Waals surface area contributed by atoms with Gasteiger partial charge in [0, 0.05) is 5.69 Å². The van der Waals surface area contributed by atoms with Crippen LogP contribution >= 0.6 is 0 Å². The van der Waals surface area contributed by atoms with Crippen LogP contribution in [0.3, 0.4) is 0 Å². The highest BCUT2D eigenvalue weighted by Crippen LogP contribution is 2.22. The van der Waals surface area contributed by atoms with Gasteiger partial charge in [-0.3, -0.25) is 4.79 Å². The van der Waals surface area contributed by atoms with Gasteiger partial charge in [0.2, 0.25) is 0 Å². The Bertz CT molecular complexity index is 626. The van der Waals surface area contributed by atoms with Crippen molar-refractivity contribution in [2.75, 3.05) is 17.7 Å². The van der Waals surface area contributed by atoms with Gasteiger partial charge in [-0.1, -0.05) is 6.92 Å². The van der Waals surface area contributed by atoms with Crippen molar-refractivity contribution < 1.29 is 9.53 Å². The normalized spacial score (nSPS) is 10.1. The van der Waals surface area contributed by atoms with Crippen molar-refractivity contribution in [3.05, 3.63) is 42.1 Å². The maximum atomic E-state index is 11.4. The third kappa shape index (κ3) is 3.85. The molecule has 0 fully saturated rings. The number of pyridine rings is 1. The zero-order chi connectivity index (χ0) is 15.2. The Hall–Kier alpha value is -2.76. The van der Waals surface area contributed by atoms with Crippen LogP contribution in [0.25, 0.3) is 0 Å². The first-order valence-electron chi connectivity index (χ1n) is 6.65. The third-order valence-electron chi connectivity index (χ3n) is 2.76. The number of ether oxygens (including phenoxy) is 1. The molecule has 0 unspecified atom stereocenters. The number of nitrogens with zero attached hydrogens (tertiary/aromatic N) is 1. The fourth-order valence-corrected chi connectivity index (χ4v) is 1.76. The molecule has 1 aromatic heterocycles. The highest BCUT2D eigenvalue weighted by atomic mass is 16.5. The van der Waals surface area contributed by atoms with Crippen LogP contribution in [-0.4, -0.2) is 17.5 Å². The van der Waals surface area contributed by atoms with Crippen molar-refractivity contribution in [3.63, 3.8) is 0 Å². The summed E-state index contributed by atoms with van der Waals surface area (Å²) in [4.78, 5) is 15.5. The summed E-state index contributed by atoms with van der Waals surface area (Å²) in [6.45, 7) is 2.73. The summed E-state index contributed by atoms with van der Waals surface area (Å²) in [6.07, 6.45) is 2.42. The van der Waals surface area contributed by atoms with E-state index in [4.69, 9.17) is 16.2 Å². The van der Waals surface area contributed by atoms with Crippen molar-refractivity contribution in [2.24, 2.45) is 5.73 Å². The van der Waals surface area contributed by atoms with Gasteiger partial charge in [-0.2, -0.15) is 0 Å². The zero-order valence-corrected chi connectivity index (χ0v) is 11.8. The van der Waals surface area contributed by atoms with Gasteiger partial charge in [-0.15, -0.1) is 0 Å². The van der Waals surface area contributed by atoms with E-state index in [0.29, 0.717) is 18.1 Å². The van der Waals surface area contributed by atoms with E-state index >= 15 is 0 Å². The number of nitrogens with one attached hydrogen (secondary N) is 1. The van der Waals surface area contributed by atoms with Crippen LogP contribution in [0.2, 0.25) is 0 Å². The Morgan fingerprint density at radius 3 is 2.67 bits per heavy atom. The number of aromatic nitrogens is 1. The lowest BCUT2D eigenvalue weighted by Crippen LogP contribution is -2.14. The molecule has 6 heteroatoms. The van der Waals surface area contributed by atoms with Crippen LogP contribution in [-0.2, 0) is 0 Å². The molecule has 6 nitrogen and oxygen atoms in total. The summed E-state index contributed by atoms with van der Waals surface area (Å²) in [6, 6.07) is 8.87. The maximum Gasteiger partial charge on any atom is 0.252 e. The van der Waals surface area contributed by atoms with E-state index in [1.54, 1.807) is 0 Å². The molecule has 0 saturated heterocycles. The molecular formula is C15H18N4O2. The number of carbonyl (C=O) groups is 1. The van der Waals surface area contributed by atoms with Gasteiger partial charge in [0.05, 0.1) is 24.1 Å². The number of primary amides is 1. The minimum atomic E-state index is -0.583. The Morgan fingerprint density at radius 2 is 2.05 bits per heavy atom. The van der Waals surface area contributed by atoms with Gasteiger partial charge >= 0.3 is 0 Å². The van der Waals surface area contributed by atoms with E-state index in [-0.39, 0.29) is 5.56 Å². The lowest BCUT2D eigenvalue weighted by molar-refractivity contribution is 0.100. The summed E-state index contributed by atoms with van der Waals surface area (Å²) >= 11 is 0. The van der Waals surface area contributed by atoms with Crippen LogP contribution in [0.15, 0.2) is 36.5 Å². The smallest absolute Gasteiger partial charge is 0.252 e. The van der Waals surface area contributed by atoms with Gasteiger partial charge in [-0.25, -0.2) is 4.98 Å². The lowest BCUT2D eigenvalue weighted by atomic mass is 10.2. The Balaban J connectivity index is 2.16. The highest BCUT2D eigenvalue weighted by molar-refractivity contribution is 5.99. The molecule has 110 valence electrons. The third-order valence-corrected chi connectivity index (χ3v) is 2.76. The van der Waals surface area contributed by atoms with Gasteiger partial charge < -0.3 is 21.5 Å². The second-order valence-corrected chi connectivity index (χ2v) is 4.53. The van der Waals surface area contributed by atoms with Crippen LogP contribution < -0.4 is 21.5 Å². The van der Waals surface area contributed by atoms with Gasteiger partial charge in [0.15, 0.2) is 0 Å². The van der Waals surface area contributed by atoms with E-state index in [1.807, 2.05) is 31.2 Å². The zero-order valence-electron chi connectivity index (χ0n) is 11.8. The highest BCUT2D eigenvalue weighted by Gasteiger charge is 2.10. The first kappa shape index (κ1) is 14.6. The van der Waals surface area contributed by atoms with E-state index < -0.39 is 5.91 Å². The number of hydrogen-bond acceptors (Lipinski definition) is 5. The van der Waals surface area contributed by atoms with Gasteiger partial charge in [0.1, 0.15) is 11.6 Å². The van der Waals surface area contributed by atoms with E-state index in [1.165, 1.54) is 12.3 Å². The van der Waals surface area contributed by atoms with Gasteiger partial charge in [0.25, 0.3) is 5.91 Å². The number of benzene rings is 1. The number of hydrogen-bond donors (Lipinski definition) is 3. The van der Waals surface area contributed by atoms with E-state index in [0.717, 1.165) is 17.9 Å². The maximum absolute atomic E-state index is 11.4. The van der Waals surface area contributed by atoms with Crippen molar-refractivity contribution in [2.45, 2.75) is 13.3 Å². The SMILES string of the molecule is CCCOc1ccc(Nc2ncc(N)cc2C(N)=O)cc1. The molecule has 0 aliphatic heterocycles. The fourth-order valence-electron chi connectivity index (χ4n) is 1.76. The van der Waals surface area contributed by atoms with Crippen LogP contribution in [0.5, 0.6) is 5.75 Å². The topological polar surface area (TPSA) is 103 Å². The monoisotopic (exact) mass is 286 g/mol. The number of nitrogens with two attached hydrogens (primary N) is 2. The van der Waals surface area contributed by atoms with Crippen LogP contribution in [0.4, 0.5) is 17.2 Å². The lowest BCUT2D eigenvalue weighted by Gasteiger charge is -2.10. The van der Waals surface area contributed by atoms with Crippen molar-refractivity contribution in [3.8, 4) is 5.75 Å². The average Bonchev–Trinajstić information content (AvgIpc) is 2.48. The number of anilines is 3. The van der Waals surface area contributed by atoms with Gasteiger partial charge in [-0.05, 0) is 36.8 Å². The van der Waals surface area contributed by atoms with E-state index in [9.17, 15) is 4.79 Å². The molecule has 1 amide bonds. The molecule has 0 saturated carbocycles. The molecule has 1 heterocycles. The minimum Gasteiger partial charge on any atom is -0.494 e. The summed E-state index contributed by atoms with van der Waals surface area (Å²) in [5.41, 5.74) is 12.3. The molecule has 0 aliphatic carbocycles. The molecule has 0 atom stereocenters.